The van der Waals surface area contributed by atoms with Gasteiger partial charge in [-0.2, -0.15) is 5.26 Å². The molecule has 5 nitrogen and oxygen atoms in total. The van der Waals surface area contributed by atoms with Gasteiger partial charge in [0.15, 0.2) is 0 Å². The lowest BCUT2D eigenvalue weighted by molar-refractivity contribution is -0.117. The average molecular weight is 257 g/mol. The number of nitriles is 1. The van der Waals surface area contributed by atoms with E-state index in [1.807, 2.05) is 6.07 Å². The van der Waals surface area contributed by atoms with E-state index in [1.54, 1.807) is 24.5 Å². The number of nitrogens with zero attached hydrogens (tertiary/aromatic N) is 2. The summed E-state index contributed by atoms with van der Waals surface area (Å²) in [6, 6.07) is 5.45. The molecule has 1 aromatic rings. The number of hydrogen-bond acceptors (Lipinski definition) is 4. The van der Waals surface area contributed by atoms with Crippen molar-refractivity contribution in [3.8, 4) is 6.07 Å². The molecular formula is C14H15N3O2. The van der Waals surface area contributed by atoms with Crippen molar-refractivity contribution in [1.29, 1.82) is 5.26 Å². The van der Waals surface area contributed by atoms with Crippen molar-refractivity contribution in [3.05, 3.63) is 35.7 Å². The number of carbonyl (C=O) groups excluding carboxylic acids is 1. The highest BCUT2D eigenvalue weighted by Gasteiger charge is 2.17. The lowest BCUT2D eigenvalue weighted by Crippen LogP contribution is -2.32. The molecule has 1 amide bonds. The first-order chi connectivity index (χ1) is 9.29. The second kappa shape index (κ2) is 6.66. The number of hydrogen-bond donors (Lipinski definition) is 1. The Balaban J connectivity index is 1.95. The molecule has 1 aliphatic rings. The standard InChI is InChI=1S/C14H15N3O2/c15-8-12(7-11-3-1-5-16-9-11)14(18)17-10-13-4-2-6-19-13/h1,3,5,7,9,13H,2,4,6,10H2,(H,17,18)/b12-7+/t13-/m0/s1. The zero-order valence-corrected chi connectivity index (χ0v) is 10.5. The van der Waals surface area contributed by atoms with Crippen LogP contribution in [0.4, 0.5) is 0 Å². The summed E-state index contributed by atoms with van der Waals surface area (Å²) in [4.78, 5) is 15.8. The molecule has 1 atom stereocenters. The van der Waals surface area contributed by atoms with Gasteiger partial charge in [-0.3, -0.25) is 9.78 Å². The lowest BCUT2D eigenvalue weighted by atomic mass is 10.1. The fraction of sp³-hybridized carbons (Fsp3) is 0.357. The Kier molecular flexibility index (Phi) is 4.65. The van der Waals surface area contributed by atoms with Crippen molar-refractivity contribution in [3.63, 3.8) is 0 Å². The predicted octanol–water partition coefficient (Wildman–Crippen LogP) is 1.28. The summed E-state index contributed by atoms with van der Waals surface area (Å²) < 4.78 is 5.41. The summed E-state index contributed by atoms with van der Waals surface area (Å²) in [7, 11) is 0. The minimum Gasteiger partial charge on any atom is -0.376 e. The van der Waals surface area contributed by atoms with Gasteiger partial charge >= 0.3 is 0 Å². The van der Waals surface area contributed by atoms with E-state index in [4.69, 9.17) is 10.00 Å². The molecule has 98 valence electrons. The van der Waals surface area contributed by atoms with E-state index in [-0.39, 0.29) is 17.6 Å². The molecule has 0 spiro atoms. The number of aromatic nitrogens is 1. The number of amides is 1. The van der Waals surface area contributed by atoms with Gasteiger partial charge < -0.3 is 10.1 Å². The molecule has 0 unspecified atom stereocenters. The molecular weight excluding hydrogens is 242 g/mol. The fourth-order valence-corrected chi connectivity index (χ4v) is 1.88. The number of ether oxygens (including phenoxy) is 1. The molecule has 1 saturated heterocycles. The van der Waals surface area contributed by atoms with Crippen LogP contribution < -0.4 is 5.32 Å². The topological polar surface area (TPSA) is 75.0 Å². The van der Waals surface area contributed by atoms with Crippen molar-refractivity contribution >= 4 is 12.0 Å². The molecule has 5 heteroatoms. The number of pyridine rings is 1. The van der Waals surface area contributed by atoms with E-state index in [0.29, 0.717) is 6.54 Å². The fourth-order valence-electron chi connectivity index (χ4n) is 1.88. The first-order valence-corrected chi connectivity index (χ1v) is 6.21. The van der Waals surface area contributed by atoms with Crippen molar-refractivity contribution in [1.82, 2.24) is 10.3 Å². The molecule has 1 N–H and O–H groups in total. The molecule has 0 saturated carbocycles. The number of nitrogens with one attached hydrogen (secondary N) is 1. The smallest absolute Gasteiger partial charge is 0.262 e. The Bertz CT molecular complexity index is 499. The van der Waals surface area contributed by atoms with Gasteiger partial charge in [-0.25, -0.2) is 0 Å². The zero-order valence-electron chi connectivity index (χ0n) is 10.5. The lowest BCUT2D eigenvalue weighted by Gasteiger charge is -2.10. The summed E-state index contributed by atoms with van der Waals surface area (Å²) >= 11 is 0. The molecule has 2 heterocycles. The van der Waals surface area contributed by atoms with E-state index in [9.17, 15) is 4.79 Å². The van der Waals surface area contributed by atoms with Gasteiger partial charge in [0.25, 0.3) is 5.91 Å². The van der Waals surface area contributed by atoms with Crippen LogP contribution in [0.3, 0.4) is 0 Å². The predicted molar refractivity (Wildman–Crippen MR) is 69.8 cm³/mol. The zero-order chi connectivity index (χ0) is 13.5. The van der Waals surface area contributed by atoms with Gasteiger partial charge in [-0.15, -0.1) is 0 Å². The molecule has 2 rings (SSSR count). The van der Waals surface area contributed by atoms with Gasteiger partial charge in [0.05, 0.1) is 6.10 Å². The normalized spacial score (nSPS) is 18.9. The van der Waals surface area contributed by atoms with Crippen LogP contribution in [-0.4, -0.2) is 30.1 Å². The van der Waals surface area contributed by atoms with Crippen LogP contribution in [0.2, 0.25) is 0 Å². The maximum Gasteiger partial charge on any atom is 0.262 e. The summed E-state index contributed by atoms with van der Waals surface area (Å²) in [5, 5.41) is 11.7. The quantitative estimate of drug-likeness (QED) is 0.651. The number of rotatable bonds is 4. The maximum atomic E-state index is 11.9. The highest BCUT2D eigenvalue weighted by atomic mass is 16.5. The second-order valence-corrected chi connectivity index (χ2v) is 4.30. The maximum absolute atomic E-state index is 11.9. The third-order valence-corrected chi connectivity index (χ3v) is 2.87. The van der Waals surface area contributed by atoms with Gasteiger partial charge in [0.1, 0.15) is 11.6 Å². The van der Waals surface area contributed by atoms with E-state index >= 15 is 0 Å². The Morgan fingerprint density at radius 2 is 2.58 bits per heavy atom. The van der Waals surface area contributed by atoms with E-state index in [2.05, 4.69) is 10.3 Å². The molecule has 0 aromatic carbocycles. The molecule has 1 fully saturated rings. The van der Waals surface area contributed by atoms with Crippen molar-refractivity contribution in [2.45, 2.75) is 18.9 Å². The van der Waals surface area contributed by atoms with Gasteiger partial charge in [0.2, 0.25) is 0 Å². The monoisotopic (exact) mass is 257 g/mol. The van der Waals surface area contributed by atoms with Crippen LogP contribution in [0.1, 0.15) is 18.4 Å². The minimum atomic E-state index is -0.373. The molecule has 1 aliphatic heterocycles. The molecule has 0 bridgehead atoms. The first kappa shape index (κ1) is 13.2. The summed E-state index contributed by atoms with van der Waals surface area (Å²) in [5.74, 6) is -0.373. The molecule has 19 heavy (non-hydrogen) atoms. The Morgan fingerprint density at radius 1 is 1.68 bits per heavy atom. The van der Waals surface area contributed by atoms with Crippen molar-refractivity contribution in [2.75, 3.05) is 13.2 Å². The SMILES string of the molecule is N#C/C(=C\c1cccnc1)C(=O)NC[C@@H]1CCCO1. The summed E-state index contributed by atoms with van der Waals surface area (Å²) in [6.45, 7) is 1.20. The van der Waals surface area contributed by atoms with Gasteiger partial charge in [-0.1, -0.05) is 6.07 Å². The van der Waals surface area contributed by atoms with Crippen LogP contribution in [0.5, 0.6) is 0 Å². The van der Waals surface area contributed by atoms with Crippen LogP contribution in [0.25, 0.3) is 6.08 Å². The molecule has 0 radical (unpaired) electrons. The van der Waals surface area contributed by atoms with Crippen LogP contribution in [-0.2, 0) is 9.53 Å². The van der Waals surface area contributed by atoms with E-state index in [0.717, 1.165) is 25.0 Å². The van der Waals surface area contributed by atoms with Crippen molar-refractivity contribution < 1.29 is 9.53 Å². The largest absolute Gasteiger partial charge is 0.376 e. The third kappa shape index (κ3) is 3.90. The van der Waals surface area contributed by atoms with Crippen LogP contribution >= 0.6 is 0 Å². The Hall–Kier alpha value is -2.19. The third-order valence-electron chi connectivity index (χ3n) is 2.87. The summed E-state index contributed by atoms with van der Waals surface area (Å²) in [6.07, 6.45) is 6.82. The highest BCUT2D eigenvalue weighted by molar-refractivity contribution is 6.01. The Labute approximate surface area is 111 Å². The van der Waals surface area contributed by atoms with Crippen LogP contribution in [0.15, 0.2) is 30.1 Å². The second-order valence-electron chi connectivity index (χ2n) is 4.30. The highest BCUT2D eigenvalue weighted by Crippen LogP contribution is 2.11. The Morgan fingerprint density at radius 3 is 3.21 bits per heavy atom. The van der Waals surface area contributed by atoms with E-state index in [1.165, 1.54) is 6.08 Å². The van der Waals surface area contributed by atoms with Gasteiger partial charge in [0, 0.05) is 25.5 Å². The molecule has 0 aliphatic carbocycles. The number of carbonyl (C=O) groups is 1. The molecule has 1 aromatic heterocycles. The van der Waals surface area contributed by atoms with Crippen LogP contribution in [0, 0.1) is 11.3 Å². The first-order valence-electron chi connectivity index (χ1n) is 6.21. The van der Waals surface area contributed by atoms with E-state index < -0.39 is 0 Å². The average Bonchev–Trinajstić information content (AvgIpc) is 2.96. The van der Waals surface area contributed by atoms with Gasteiger partial charge in [-0.05, 0) is 30.5 Å². The summed E-state index contributed by atoms with van der Waals surface area (Å²) in [5.41, 5.74) is 0.803. The van der Waals surface area contributed by atoms with Crippen molar-refractivity contribution in [2.24, 2.45) is 0 Å². The minimum absolute atomic E-state index is 0.0716.